The minimum Gasteiger partial charge on any atom is -0.258 e. The van der Waals surface area contributed by atoms with Crippen LogP contribution in [0, 0.1) is 36.3 Å². The van der Waals surface area contributed by atoms with Gasteiger partial charge < -0.3 is 0 Å². The zero-order chi connectivity index (χ0) is 17.9. The molecule has 1 aliphatic carbocycles. The summed E-state index contributed by atoms with van der Waals surface area (Å²) in [5.74, 6) is 2.43. The van der Waals surface area contributed by atoms with Crippen LogP contribution in [0.15, 0.2) is 17.0 Å². The lowest BCUT2D eigenvalue weighted by Gasteiger charge is -2.32. The average molecular weight is 350 g/mol. The van der Waals surface area contributed by atoms with Crippen LogP contribution in [0.3, 0.4) is 0 Å². The fourth-order valence-electron chi connectivity index (χ4n) is 3.18. The molecule has 0 N–H and O–H groups in total. The van der Waals surface area contributed by atoms with E-state index in [0.717, 1.165) is 38.2 Å². The van der Waals surface area contributed by atoms with Crippen LogP contribution in [0.2, 0.25) is 0 Å². The molecular weight excluding hydrogens is 328 g/mol. The standard InChI is InChI=1S/C17H22N2O4S/c1-4-10-18(15-8-6-5-7-9-15)24(22,23)17-12-16(19(20)21)11-13(2)14(17)3/h1,11-12,15H,5-10H2,2-3H3. The normalized spacial score (nSPS) is 16.1. The van der Waals surface area contributed by atoms with Crippen molar-refractivity contribution in [3.05, 3.63) is 33.4 Å². The highest BCUT2D eigenvalue weighted by Gasteiger charge is 2.34. The van der Waals surface area contributed by atoms with Crippen molar-refractivity contribution in [1.82, 2.24) is 4.31 Å². The van der Waals surface area contributed by atoms with Crippen molar-refractivity contribution in [2.45, 2.75) is 56.9 Å². The first-order valence-corrected chi connectivity index (χ1v) is 9.44. The van der Waals surface area contributed by atoms with E-state index in [9.17, 15) is 18.5 Å². The maximum absolute atomic E-state index is 13.2. The van der Waals surface area contributed by atoms with Gasteiger partial charge in [0.15, 0.2) is 0 Å². The largest absolute Gasteiger partial charge is 0.271 e. The highest BCUT2D eigenvalue weighted by molar-refractivity contribution is 7.89. The quantitative estimate of drug-likeness (QED) is 0.464. The van der Waals surface area contributed by atoms with E-state index < -0.39 is 14.9 Å². The zero-order valence-electron chi connectivity index (χ0n) is 14.0. The summed E-state index contributed by atoms with van der Waals surface area (Å²) in [6.07, 6.45) is 9.96. The number of rotatable bonds is 5. The molecule has 1 fully saturated rings. The molecule has 0 atom stereocenters. The molecule has 7 heteroatoms. The van der Waals surface area contributed by atoms with Gasteiger partial charge in [0.05, 0.1) is 16.4 Å². The van der Waals surface area contributed by atoms with Gasteiger partial charge in [-0.25, -0.2) is 8.42 Å². The summed E-state index contributed by atoms with van der Waals surface area (Å²) in [5.41, 5.74) is 0.881. The van der Waals surface area contributed by atoms with Crippen molar-refractivity contribution in [3.8, 4) is 12.3 Å². The van der Waals surface area contributed by atoms with Crippen molar-refractivity contribution < 1.29 is 13.3 Å². The molecule has 2 rings (SSSR count). The molecule has 0 aromatic heterocycles. The van der Waals surface area contributed by atoms with Crippen LogP contribution in [0.5, 0.6) is 0 Å². The first kappa shape index (κ1) is 18.4. The monoisotopic (exact) mass is 350 g/mol. The van der Waals surface area contributed by atoms with Gasteiger partial charge in [-0.3, -0.25) is 10.1 Å². The number of hydrogen-bond donors (Lipinski definition) is 0. The molecule has 1 aromatic carbocycles. The molecule has 0 aliphatic heterocycles. The van der Waals surface area contributed by atoms with E-state index in [2.05, 4.69) is 5.92 Å². The highest BCUT2D eigenvalue weighted by Crippen LogP contribution is 2.31. The van der Waals surface area contributed by atoms with Crippen LogP contribution in [0.4, 0.5) is 5.69 Å². The van der Waals surface area contributed by atoms with Crippen LogP contribution in [-0.2, 0) is 10.0 Å². The second-order valence-electron chi connectivity index (χ2n) is 6.19. The molecule has 6 nitrogen and oxygen atoms in total. The Kier molecular flexibility index (Phi) is 5.62. The Morgan fingerprint density at radius 2 is 1.92 bits per heavy atom. The Labute approximate surface area is 143 Å². The predicted molar refractivity (Wildman–Crippen MR) is 92.2 cm³/mol. The van der Waals surface area contributed by atoms with E-state index in [1.807, 2.05) is 0 Å². The molecule has 0 unspecified atom stereocenters. The maximum atomic E-state index is 13.2. The van der Waals surface area contributed by atoms with Crippen LogP contribution in [0.1, 0.15) is 43.2 Å². The van der Waals surface area contributed by atoms with Gasteiger partial charge in [-0.05, 0) is 37.8 Å². The van der Waals surface area contributed by atoms with Crippen molar-refractivity contribution in [3.63, 3.8) is 0 Å². The van der Waals surface area contributed by atoms with Crippen LogP contribution < -0.4 is 0 Å². The summed E-state index contributed by atoms with van der Waals surface area (Å²) in [4.78, 5) is 10.5. The molecule has 1 aromatic rings. The second-order valence-corrected chi connectivity index (χ2v) is 8.05. The van der Waals surface area contributed by atoms with Gasteiger partial charge in [0, 0.05) is 18.2 Å². The van der Waals surface area contributed by atoms with Crippen molar-refractivity contribution in [2.24, 2.45) is 0 Å². The third-order valence-electron chi connectivity index (χ3n) is 4.63. The van der Waals surface area contributed by atoms with Gasteiger partial charge in [-0.2, -0.15) is 4.31 Å². The van der Waals surface area contributed by atoms with Crippen molar-refractivity contribution in [2.75, 3.05) is 6.54 Å². The molecule has 130 valence electrons. The lowest BCUT2D eigenvalue weighted by atomic mass is 9.95. The Bertz CT molecular complexity index is 775. The zero-order valence-corrected chi connectivity index (χ0v) is 14.8. The minimum atomic E-state index is -3.89. The van der Waals surface area contributed by atoms with Gasteiger partial charge in [-0.15, -0.1) is 6.42 Å². The van der Waals surface area contributed by atoms with Gasteiger partial charge in [0.25, 0.3) is 5.69 Å². The van der Waals surface area contributed by atoms with E-state index >= 15 is 0 Å². The molecule has 0 saturated heterocycles. The Balaban J connectivity index is 2.54. The van der Waals surface area contributed by atoms with E-state index in [4.69, 9.17) is 6.42 Å². The summed E-state index contributed by atoms with van der Waals surface area (Å²) in [6.45, 7) is 3.32. The number of terminal acetylenes is 1. The first-order chi connectivity index (χ1) is 11.3. The third kappa shape index (κ3) is 3.60. The van der Waals surface area contributed by atoms with E-state index in [1.165, 1.54) is 10.4 Å². The molecule has 0 bridgehead atoms. The Hall–Kier alpha value is -1.91. The van der Waals surface area contributed by atoms with E-state index in [-0.39, 0.29) is 23.2 Å². The number of nitrogens with zero attached hydrogens (tertiary/aromatic N) is 2. The molecule has 24 heavy (non-hydrogen) atoms. The average Bonchev–Trinajstić information content (AvgIpc) is 2.55. The summed E-state index contributed by atoms with van der Waals surface area (Å²) in [7, 11) is -3.89. The third-order valence-corrected chi connectivity index (χ3v) is 6.66. The second kappa shape index (κ2) is 7.32. The Morgan fingerprint density at radius 1 is 1.29 bits per heavy atom. The molecule has 0 heterocycles. The summed E-state index contributed by atoms with van der Waals surface area (Å²) in [6, 6.07) is 2.39. The number of benzene rings is 1. The summed E-state index contributed by atoms with van der Waals surface area (Å²) in [5, 5.41) is 11.1. The molecule has 1 saturated carbocycles. The number of aryl methyl sites for hydroxylation is 1. The number of non-ortho nitro benzene ring substituents is 1. The van der Waals surface area contributed by atoms with Crippen LogP contribution in [-0.4, -0.2) is 30.2 Å². The molecule has 1 aliphatic rings. The van der Waals surface area contributed by atoms with E-state index in [0.29, 0.717) is 11.1 Å². The first-order valence-electron chi connectivity index (χ1n) is 8.00. The van der Waals surface area contributed by atoms with Gasteiger partial charge in [0.2, 0.25) is 10.0 Å². The van der Waals surface area contributed by atoms with Crippen LogP contribution >= 0.6 is 0 Å². The van der Waals surface area contributed by atoms with Gasteiger partial charge in [0.1, 0.15) is 0 Å². The number of hydrogen-bond acceptors (Lipinski definition) is 4. The number of sulfonamides is 1. The fraction of sp³-hybridized carbons (Fsp3) is 0.529. The topological polar surface area (TPSA) is 80.5 Å². The van der Waals surface area contributed by atoms with Gasteiger partial charge >= 0.3 is 0 Å². The SMILES string of the molecule is C#CCN(C1CCCCC1)S(=O)(=O)c1cc([N+](=O)[O-])cc(C)c1C. The highest BCUT2D eigenvalue weighted by atomic mass is 32.2. The molecule has 0 spiro atoms. The van der Waals surface area contributed by atoms with E-state index in [1.54, 1.807) is 13.8 Å². The number of nitro benzene ring substituents is 1. The smallest absolute Gasteiger partial charge is 0.258 e. The predicted octanol–water partition coefficient (Wildman–Crippen LogP) is 3.17. The Morgan fingerprint density at radius 3 is 2.46 bits per heavy atom. The maximum Gasteiger partial charge on any atom is 0.271 e. The fourth-order valence-corrected chi connectivity index (χ4v) is 5.10. The summed E-state index contributed by atoms with van der Waals surface area (Å²) < 4.78 is 27.7. The molecule has 0 amide bonds. The molecule has 0 radical (unpaired) electrons. The lowest BCUT2D eigenvalue weighted by Crippen LogP contribution is -2.42. The van der Waals surface area contributed by atoms with Gasteiger partial charge in [-0.1, -0.05) is 25.2 Å². The van der Waals surface area contributed by atoms with Crippen molar-refractivity contribution >= 4 is 15.7 Å². The lowest BCUT2D eigenvalue weighted by molar-refractivity contribution is -0.385. The molecular formula is C17H22N2O4S. The minimum absolute atomic E-state index is 0.0185. The summed E-state index contributed by atoms with van der Waals surface area (Å²) >= 11 is 0. The van der Waals surface area contributed by atoms with Crippen LogP contribution in [0.25, 0.3) is 0 Å². The van der Waals surface area contributed by atoms with Crippen molar-refractivity contribution in [1.29, 1.82) is 0 Å². The number of nitro groups is 1.